The van der Waals surface area contributed by atoms with Crippen molar-refractivity contribution in [3.63, 3.8) is 0 Å². The van der Waals surface area contributed by atoms with Crippen molar-refractivity contribution in [3.05, 3.63) is 78.1 Å². The van der Waals surface area contributed by atoms with Gasteiger partial charge < -0.3 is 4.90 Å². The maximum Gasteiger partial charge on any atom is 0.139 e. The number of anilines is 1. The number of para-hydroxylation sites is 1. The van der Waals surface area contributed by atoms with Gasteiger partial charge in [0.05, 0.1) is 5.52 Å². The summed E-state index contributed by atoms with van der Waals surface area (Å²) in [6.07, 6.45) is 6.42. The summed E-state index contributed by atoms with van der Waals surface area (Å²) in [5, 5.41) is 3.49. The fourth-order valence-electron chi connectivity index (χ4n) is 4.66. The molecule has 1 aliphatic carbocycles. The first kappa shape index (κ1) is 27.3. The number of carbonyl (C=O) groups excluding carboxylic acids is 1. The highest BCUT2D eigenvalue weighted by Gasteiger charge is 2.13. The van der Waals surface area contributed by atoms with Gasteiger partial charge in [-0.3, -0.25) is 4.79 Å². The van der Waals surface area contributed by atoms with Crippen LogP contribution in [0.25, 0.3) is 21.7 Å². The Morgan fingerprint density at radius 1 is 0.806 bits per heavy atom. The van der Waals surface area contributed by atoms with Crippen molar-refractivity contribution >= 4 is 33.3 Å². The number of rotatable bonds is 3. The van der Waals surface area contributed by atoms with Crippen LogP contribution < -0.4 is 4.90 Å². The quantitative estimate of drug-likeness (QED) is 0.298. The monoisotopic (exact) mass is 483 g/mol. The molecule has 1 aliphatic rings. The van der Waals surface area contributed by atoms with E-state index in [0.29, 0.717) is 6.42 Å². The first-order valence-corrected chi connectivity index (χ1v) is 13.1. The molecule has 0 spiro atoms. The van der Waals surface area contributed by atoms with Gasteiger partial charge in [-0.25, -0.2) is 9.97 Å². The van der Waals surface area contributed by atoms with Crippen molar-refractivity contribution in [1.82, 2.24) is 9.97 Å². The van der Waals surface area contributed by atoms with Crippen LogP contribution in [-0.4, -0.2) is 29.8 Å². The number of aryl methyl sites for hydroxylation is 1. The van der Waals surface area contributed by atoms with Crippen LogP contribution in [0.2, 0.25) is 0 Å². The maximum absolute atomic E-state index is 11.1. The van der Waals surface area contributed by atoms with Gasteiger partial charge in [0.2, 0.25) is 0 Å². The Morgan fingerprint density at radius 2 is 1.36 bits per heavy atom. The van der Waals surface area contributed by atoms with Gasteiger partial charge in [-0.1, -0.05) is 94.1 Å². The van der Waals surface area contributed by atoms with Gasteiger partial charge in [-0.05, 0) is 54.2 Å². The van der Waals surface area contributed by atoms with Crippen molar-refractivity contribution in [3.8, 4) is 0 Å². The molecule has 1 saturated carbocycles. The van der Waals surface area contributed by atoms with Gasteiger partial charge in [-0.15, -0.1) is 0 Å². The van der Waals surface area contributed by atoms with E-state index in [2.05, 4.69) is 42.0 Å². The number of carbonyl (C=O) groups is 1. The van der Waals surface area contributed by atoms with Crippen LogP contribution in [0.4, 0.5) is 5.82 Å². The number of benzene rings is 3. The van der Waals surface area contributed by atoms with E-state index in [1.807, 2.05) is 74.4 Å². The standard InChI is InChI=1S/C13H12O.C11H13N3.C8H16/c1-10(14)9-12-7-4-6-11-5-2-3-8-13(11)12;1-8-12-10-7-5-4-6-9(10)11(13-8)14(2)3;1-7-3-5-8(2)6-4-7/h2-8H,9H2,1H3;4-7H,1-3H3;7-8H,3-6H2,1-2H3. The smallest absolute Gasteiger partial charge is 0.139 e. The molecular formula is C32H41N3O. The lowest BCUT2D eigenvalue weighted by atomic mass is 9.84. The topological polar surface area (TPSA) is 46.1 Å². The largest absolute Gasteiger partial charge is 0.362 e. The fraction of sp³-hybridized carbons (Fsp3) is 0.406. The molecule has 0 bridgehead atoms. The lowest BCUT2D eigenvalue weighted by molar-refractivity contribution is -0.116. The molecule has 0 atom stereocenters. The summed E-state index contributed by atoms with van der Waals surface area (Å²) in [5.74, 6) is 4.04. The summed E-state index contributed by atoms with van der Waals surface area (Å²) < 4.78 is 0. The molecule has 0 amide bonds. The van der Waals surface area contributed by atoms with Gasteiger partial charge in [0.25, 0.3) is 0 Å². The second-order valence-corrected chi connectivity index (χ2v) is 10.4. The number of hydrogen-bond acceptors (Lipinski definition) is 4. The Morgan fingerprint density at radius 3 is 1.97 bits per heavy atom. The van der Waals surface area contributed by atoms with Crippen molar-refractivity contribution in [2.75, 3.05) is 19.0 Å². The lowest BCUT2D eigenvalue weighted by Crippen LogP contribution is -2.12. The van der Waals surface area contributed by atoms with Crippen LogP contribution >= 0.6 is 0 Å². The summed E-state index contributed by atoms with van der Waals surface area (Å²) in [6, 6.07) is 22.3. The summed E-state index contributed by atoms with van der Waals surface area (Å²) in [7, 11) is 3.99. The maximum atomic E-state index is 11.1. The molecule has 1 aromatic heterocycles. The van der Waals surface area contributed by atoms with Crippen LogP contribution in [0.1, 0.15) is 57.8 Å². The number of hydrogen-bond donors (Lipinski definition) is 0. The predicted molar refractivity (Wildman–Crippen MR) is 154 cm³/mol. The average Bonchev–Trinajstić information content (AvgIpc) is 2.86. The Balaban J connectivity index is 0.000000157. The molecule has 3 aromatic carbocycles. The van der Waals surface area contributed by atoms with E-state index in [-0.39, 0.29) is 5.78 Å². The normalized spacial score (nSPS) is 16.9. The molecular weight excluding hydrogens is 442 g/mol. The molecule has 190 valence electrons. The van der Waals surface area contributed by atoms with E-state index in [9.17, 15) is 4.79 Å². The highest BCUT2D eigenvalue weighted by molar-refractivity contribution is 5.90. The lowest BCUT2D eigenvalue weighted by Gasteiger charge is -2.22. The predicted octanol–water partition coefficient (Wildman–Crippen LogP) is 7.81. The number of fused-ring (bicyclic) bond motifs is 2. The molecule has 0 saturated heterocycles. The zero-order chi connectivity index (χ0) is 26.1. The van der Waals surface area contributed by atoms with Crippen molar-refractivity contribution < 1.29 is 4.79 Å². The molecule has 0 unspecified atom stereocenters. The SMILES string of the molecule is CC(=O)Cc1cccc2ccccc12.CC1CCC(C)CC1.Cc1nc(N(C)C)c2ccccc2n1. The summed E-state index contributed by atoms with van der Waals surface area (Å²) in [4.78, 5) is 21.9. The Kier molecular flexibility index (Phi) is 9.98. The molecule has 36 heavy (non-hydrogen) atoms. The van der Waals surface area contributed by atoms with E-state index >= 15 is 0 Å². The molecule has 1 fully saturated rings. The highest BCUT2D eigenvalue weighted by Crippen LogP contribution is 2.27. The van der Waals surface area contributed by atoms with Gasteiger partial charge >= 0.3 is 0 Å². The molecule has 0 aliphatic heterocycles. The van der Waals surface area contributed by atoms with Crippen LogP contribution in [0.5, 0.6) is 0 Å². The molecule has 0 N–H and O–H groups in total. The molecule has 1 heterocycles. The van der Waals surface area contributed by atoms with Crippen molar-refractivity contribution in [2.45, 2.75) is 59.8 Å². The Labute approximate surface area is 216 Å². The van der Waals surface area contributed by atoms with Gasteiger partial charge in [0.1, 0.15) is 17.4 Å². The second kappa shape index (κ2) is 13.2. The van der Waals surface area contributed by atoms with Crippen LogP contribution in [0, 0.1) is 18.8 Å². The molecule has 5 rings (SSSR count). The molecule has 4 aromatic rings. The summed E-state index contributed by atoms with van der Waals surface area (Å²) in [6.45, 7) is 8.28. The van der Waals surface area contributed by atoms with Gasteiger partial charge in [-0.2, -0.15) is 0 Å². The minimum absolute atomic E-state index is 0.210. The highest BCUT2D eigenvalue weighted by atomic mass is 16.1. The number of nitrogens with zero attached hydrogens (tertiary/aromatic N) is 3. The van der Waals surface area contributed by atoms with Crippen LogP contribution in [0.15, 0.2) is 66.7 Å². The van der Waals surface area contributed by atoms with Gasteiger partial charge in [0, 0.05) is 25.9 Å². The molecule has 4 heteroatoms. The summed E-state index contributed by atoms with van der Waals surface area (Å²) >= 11 is 0. The molecule has 4 nitrogen and oxygen atoms in total. The van der Waals surface area contributed by atoms with E-state index in [4.69, 9.17) is 0 Å². The second-order valence-electron chi connectivity index (χ2n) is 10.4. The van der Waals surface area contributed by atoms with Crippen molar-refractivity contribution in [2.24, 2.45) is 11.8 Å². The average molecular weight is 484 g/mol. The first-order chi connectivity index (χ1) is 17.2. The van der Waals surface area contributed by atoms with E-state index in [1.54, 1.807) is 6.92 Å². The Bertz CT molecular complexity index is 1260. The van der Waals surface area contributed by atoms with Crippen LogP contribution in [-0.2, 0) is 11.2 Å². The minimum atomic E-state index is 0.210. The third kappa shape index (κ3) is 7.87. The minimum Gasteiger partial charge on any atom is -0.362 e. The summed E-state index contributed by atoms with van der Waals surface area (Å²) in [5.41, 5.74) is 2.12. The third-order valence-corrected chi connectivity index (χ3v) is 6.74. The zero-order valence-electron chi connectivity index (χ0n) is 22.8. The van der Waals surface area contributed by atoms with E-state index < -0.39 is 0 Å². The van der Waals surface area contributed by atoms with Crippen molar-refractivity contribution in [1.29, 1.82) is 0 Å². The third-order valence-electron chi connectivity index (χ3n) is 6.74. The van der Waals surface area contributed by atoms with Gasteiger partial charge in [0.15, 0.2) is 0 Å². The Hall–Kier alpha value is -3.27. The van der Waals surface area contributed by atoms with Crippen LogP contribution in [0.3, 0.4) is 0 Å². The fourth-order valence-corrected chi connectivity index (χ4v) is 4.66. The first-order valence-electron chi connectivity index (χ1n) is 13.1. The van der Waals surface area contributed by atoms with E-state index in [1.165, 1.54) is 36.5 Å². The zero-order valence-corrected chi connectivity index (χ0v) is 22.8. The number of ketones is 1. The number of Topliss-reactive ketones (excluding diaryl/α,β-unsaturated/α-hetero) is 1. The molecule has 0 radical (unpaired) electrons. The van der Waals surface area contributed by atoms with E-state index in [0.717, 1.165) is 39.9 Å². The number of aromatic nitrogens is 2.